The Hall–Kier alpha value is -4.20. The number of carbonyl (C=O) groups excluding carboxylic acids is 2. The Morgan fingerprint density at radius 3 is 2.38 bits per heavy atom. The number of aryl methyl sites for hydroxylation is 1. The first-order valence-electron chi connectivity index (χ1n) is 11.9. The van der Waals surface area contributed by atoms with Crippen molar-refractivity contribution in [3.8, 4) is 11.1 Å². The van der Waals surface area contributed by atoms with Crippen molar-refractivity contribution in [2.24, 2.45) is 0 Å². The fourth-order valence-electron chi connectivity index (χ4n) is 3.74. The maximum atomic E-state index is 14.4. The van der Waals surface area contributed by atoms with Gasteiger partial charge in [-0.15, -0.1) is 0 Å². The van der Waals surface area contributed by atoms with Crippen LogP contribution in [0.3, 0.4) is 0 Å². The van der Waals surface area contributed by atoms with E-state index >= 15 is 0 Å². The van der Waals surface area contributed by atoms with Crippen LogP contribution in [0, 0.1) is 5.82 Å². The number of nitrogens with one attached hydrogen (secondary N) is 2. The fraction of sp³-hybridized carbons (Fsp3) is 0.276. The average molecular weight is 507 g/mol. The van der Waals surface area contributed by atoms with Crippen LogP contribution in [0.15, 0.2) is 60.7 Å². The Bertz CT molecular complexity index is 1310. The lowest BCUT2D eigenvalue weighted by molar-refractivity contribution is -0.136. The number of carboxylic acid groups (broad SMARTS) is 1. The van der Waals surface area contributed by atoms with Crippen LogP contribution in [0.25, 0.3) is 11.1 Å². The number of amides is 2. The highest BCUT2D eigenvalue weighted by molar-refractivity contribution is 6.05. The van der Waals surface area contributed by atoms with Gasteiger partial charge in [0.25, 0.3) is 5.91 Å². The predicted octanol–water partition coefficient (Wildman–Crippen LogP) is 5.96. The Kier molecular flexibility index (Phi) is 8.65. The van der Waals surface area contributed by atoms with Gasteiger partial charge in [0.2, 0.25) is 0 Å². The van der Waals surface area contributed by atoms with Crippen molar-refractivity contribution in [2.45, 2.75) is 52.7 Å². The molecule has 0 aromatic heterocycles. The molecule has 8 heteroatoms. The van der Waals surface area contributed by atoms with E-state index in [0.717, 1.165) is 12.0 Å². The van der Waals surface area contributed by atoms with Crippen LogP contribution in [-0.4, -0.2) is 28.7 Å². The molecule has 0 fully saturated rings. The Labute approximate surface area is 215 Å². The lowest BCUT2D eigenvalue weighted by atomic mass is 10.00. The van der Waals surface area contributed by atoms with E-state index in [2.05, 4.69) is 10.6 Å². The number of ether oxygens (including phenoxy) is 1. The summed E-state index contributed by atoms with van der Waals surface area (Å²) in [6, 6.07) is 16.4. The fourth-order valence-corrected chi connectivity index (χ4v) is 3.74. The first-order valence-corrected chi connectivity index (χ1v) is 11.9. The lowest BCUT2D eigenvalue weighted by Crippen LogP contribution is -2.32. The maximum absolute atomic E-state index is 14.4. The minimum Gasteiger partial charge on any atom is -0.481 e. The molecule has 7 nitrogen and oxygen atoms in total. The third-order valence-corrected chi connectivity index (χ3v) is 5.42. The van der Waals surface area contributed by atoms with E-state index in [9.17, 15) is 23.9 Å². The Morgan fingerprint density at radius 1 is 0.946 bits per heavy atom. The largest absolute Gasteiger partial charge is 0.481 e. The van der Waals surface area contributed by atoms with E-state index in [0.29, 0.717) is 33.5 Å². The zero-order valence-electron chi connectivity index (χ0n) is 21.4. The summed E-state index contributed by atoms with van der Waals surface area (Å²) in [5.74, 6) is -1.89. The monoisotopic (exact) mass is 506 g/mol. The summed E-state index contributed by atoms with van der Waals surface area (Å²) >= 11 is 0. The molecule has 0 saturated heterocycles. The number of carbonyl (C=O) groups is 3. The van der Waals surface area contributed by atoms with Crippen LogP contribution < -0.4 is 10.6 Å². The number of halogens is 1. The highest BCUT2D eigenvalue weighted by Gasteiger charge is 2.16. The van der Waals surface area contributed by atoms with Crippen molar-refractivity contribution in [1.82, 2.24) is 5.32 Å². The summed E-state index contributed by atoms with van der Waals surface area (Å²) in [6.07, 6.45) is -0.0789. The van der Waals surface area contributed by atoms with Crippen LogP contribution in [0.4, 0.5) is 14.9 Å². The van der Waals surface area contributed by atoms with Gasteiger partial charge in [0, 0.05) is 17.8 Å². The molecule has 0 radical (unpaired) electrons. The standard InChI is InChI=1S/C29H31FN2O5/c1-5-18-9-10-25(23(11-18)16-26(33)34)32-27(35)21-8-6-7-20(14-21)22-12-19(13-24(30)15-22)17-31-28(36)37-29(2,3)4/h6-15H,5,16-17H2,1-4H3,(H,31,36)(H,32,35)(H,33,34). The zero-order chi connectivity index (χ0) is 27.2. The van der Waals surface area contributed by atoms with Crippen molar-refractivity contribution >= 4 is 23.7 Å². The summed E-state index contributed by atoms with van der Waals surface area (Å²) in [5.41, 5.74) is 3.28. The van der Waals surface area contributed by atoms with Gasteiger partial charge in [-0.25, -0.2) is 9.18 Å². The van der Waals surface area contributed by atoms with Gasteiger partial charge >= 0.3 is 12.1 Å². The van der Waals surface area contributed by atoms with Gasteiger partial charge in [-0.05, 0) is 91.4 Å². The molecular formula is C29H31FN2O5. The summed E-state index contributed by atoms with van der Waals surface area (Å²) in [5, 5.41) is 14.7. The summed E-state index contributed by atoms with van der Waals surface area (Å²) in [7, 11) is 0. The third kappa shape index (κ3) is 8.17. The van der Waals surface area contributed by atoms with Gasteiger partial charge in [0.05, 0.1) is 6.42 Å². The second-order valence-corrected chi connectivity index (χ2v) is 9.65. The molecule has 194 valence electrons. The topological polar surface area (TPSA) is 105 Å². The first kappa shape index (κ1) is 27.4. The van der Waals surface area contributed by atoms with Crippen molar-refractivity contribution in [3.63, 3.8) is 0 Å². The molecule has 0 atom stereocenters. The highest BCUT2D eigenvalue weighted by atomic mass is 19.1. The number of benzene rings is 3. The number of rotatable bonds is 8. The molecule has 3 N–H and O–H groups in total. The quantitative estimate of drug-likeness (QED) is 0.350. The summed E-state index contributed by atoms with van der Waals surface area (Å²) < 4.78 is 19.6. The van der Waals surface area contributed by atoms with Crippen LogP contribution in [0.1, 0.15) is 54.7 Å². The van der Waals surface area contributed by atoms with Crippen LogP contribution in [-0.2, 0) is 28.9 Å². The molecule has 3 rings (SSSR count). The summed E-state index contributed by atoms with van der Waals surface area (Å²) in [4.78, 5) is 36.3. The molecule has 0 saturated carbocycles. The minimum absolute atomic E-state index is 0.0694. The molecule has 0 aliphatic carbocycles. The number of hydrogen-bond donors (Lipinski definition) is 3. The lowest BCUT2D eigenvalue weighted by Gasteiger charge is -2.19. The van der Waals surface area contributed by atoms with E-state index in [4.69, 9.17) is 4.74 Å². The van der Waals surface area contributed by atoms with Gasteiger partial charge in [-0.1, -0.05) is 31.2 Å². The molecule has 3 aromatic carbocycles. The van der Waals surface area contributed by atoms with Gasteiger partial charge in [-0.3, -0.25) is 9.59 Å². The van der Waals surface area contributed by atoms with E-state index < -0.39 is 29.4 Å². The summed E-state index contributed by atoms with van der Waals surface area (Å²) in [6.45, 7) is 7.30. The smallest absolute Gasteiger partial charge is 0.407 e. The highest BCUT2D eigenvalue weighted by Crippen LogP contribution is 2.25. The minimum atomic E-state index is -0.992. The average Bonchev–Trinajstić information content (AvgIpc) is 2.82. The van der Waals surface area contributed by atoms with Gasteiger partial charge in [0.1, 0.15) is 11.4 Å². The normalized spacial score (nSPS) is 11.1. The van der Waals surface area contributed by atoms with Crippen LogP contribution in [0.2, 0.25) is 0 Å². The number of aliphatic carboxylic acids is 1. The van der Waals surface area contributed by atoms with E-state index in [1.165, 1.54) is 12.1 Å². The SMILES string of the molecule is CCc1ccc(NC(=O)c2cccc(-c3cc(F)cc(CNC(=O)OC(C)(C)C)c3)c2)c(CC(=O)O)c1. The molecule has 0 aliphatic heterocycles. The number of alkyl carbamates (subject to hydrolysis) is 1. The molecule has 0 spiro atoms. The van der Waals surface area contributed by atoms with Crippen molar-refractivity contribution in [1.29, 1.82) is 0 Å². The van der Waals surface area contributed by atoms with Crippen molar-refractivity contribution in [3.05, 3.63) is 88.7 Å². The maximum Gasteiger partial charge on any atom is 0.407 e. The second-order valence-electron chi connectivity index (χ2n) is 9.65. The van der Waals surface area contributed by atoms with Gasteiger partial charge in [0.15, 0.2) is 0 Å². The van der Waals surface area contributed by atoms with Crippen LogP contribution >= 0.6 is 0 Å². The molecule has 2 amide bonds. The second kappa shape index (κ2) is 11.7. The van der Waals surface area contributed by atoms with Gasteiger partial charge < -0.3 is 20.5 Å². The first-order chi connectivity index (χ1) is 17.4. The number of carboxylic acids is 1. The number of hydrogen-bond acceptors (Lipinski definition) is 4. The Balaban J connectivity index is 1.80. The molecule has 0 heterocycles. The molecule has 0 aliphatic rings. The molecular weight excluding hydrogens is 475 g/mol. The Morgan fingerprint density at radius 2 is 1.70 bits per heavy atom. The van der Waals surface area contributed by atoms with E-state index in [1.54, 1.807) is 63.2 Å². The third-order valence-electron chi connectivity index (χ3n) is 5.42. The van der Waals surface area contributed by atoms with E-state index in [1.807, 2.05) is 13.0 Å². The van der Waals surface area contributed by atoms with Crippen molar-refractivity contribution in [2.75, 3.05) is 5.32 Å². The van der Waals surface area contributed by atoms with Gasteiger partial charge in [-0.2, -0.15) is 0 Å². The molecule has 0 bridgehead atoms. The predicted molar refractivity (Wildman–Crippen MR) is 140 cm³/mol. The van der Waals surface area contributed by atoms with E-state index in [-0.39, 0.29) is 13.0 Å². The molecule has 0 unspecified atom stereocenters. The zero-order valence-corrected chi connectivity index (χ0v) is 21.4. The number of anilines is 1. The van der Waals surface area contributed by atoms with Crippen LogP contribution in [0.5, 0.6) is 0 Å². The molecule has 37 heavy (non-hydrogen) atoms. The van der Waals surface area contributed by atoms with Crippen molar-refractivity contribution < 1.29 is 28.6 Å². The molecule has 3 aromatic rings.